The molecule has 5 aromatic rings. The number of hydrazone groups is 1. The first kappa shape index (κ1) is 19.5. The monoisotopic (exact) mass is 443 g/mol. The molecule has 3 aromatic heterocycles. The molecule has 1 atom stereocenters. The summed E-state index contributed by atoms with van der Waals surface area (Å²) in [6, 6.07) is 19.6. The number of hydrogen-bond donors (Lipinski definition) is 2. The highest BCUT2D eigenvalue weighted by Crippen LogP contribution is 2.39. The molecule has 0 saturated heterocycles. The Labute approximate surface area is 188 Å². The number of aromatic nitrogens is 4. The molecule has 1 unspecified atom stereocenters. The van der Waals surface area contributed by atoms with Gasteiger partial charge in [0.15, 0.2) is 12.1 Å². The first-order chi connectivity index (χ1) is 16.3. The topological polar surface area (TPSA) is 113 Å². The Morgan fingerprint density at radius 1 is 1.00 bits per heavy atom. The Morgan fingerprint density at radius 3 is 2.45 bits per heavy atom. The van der Waals surface area contributed by atoms with Gasteiger partial charge in [0.2, 0.25) is 11.5 Å². The third-order valence-electron chi connectivity index (χ3n) is 5.72. The zero-order valence-corrected chi connectivity index (χ0v) is 17.8. The van der Waals surface area contributed by atoms with Crippen LogP contribution in [0, 0.1) is 0 Å². The first-order valence-corrected chi connectivity index (χ1v) is 10.5. The van der Waals surface area contributed by atoms with E-state index in [0.717, 1.165) is 21.9 Å². The van der Waals surface area contributed by atoms with Crippen molar-refractivity contribution in [2.75, 3.05) is 18.7 Å². The van der Waals surface area contributed by atoms with Crippen LogP contribution in [-0.4, -0.2) is 45.3 Å². The standard InChI is InChI=1S/C22H21N9O2/c1-23-11-10-22(30-26-14-24-28-30,20-12-16-6-2-4-8-18(16)32-20)31-27-15-25-29(31)21-13-17-7-3-5-9-19(17)33-21/h2-9,12-15,23H,10-11H2,1H3,(H,25,27). The van der Waals surface area contributed by atoms with Gasteiger partial charge in [-0.1, -0.05) is 41.5 Å². The van der Waals surface area contributed by atoms with E-state index in [1.807, 2.05) is 67.7 Å². The highest BCUT2D eigenvalue weighted by molar-refractivity contribution is 5.81. The third kappa shape index (κ3) is 3.05. The number of tetrazole rings is 1. The van der Waals surface area contributed by atoms with E-state index in [0.29, 0.717) is 24.6 Å². The highest BCUT2D eigenvalue weighted by Gasteiger charge is 2.51. The minimum Gasteiger partial charge on any atom is -0.457 e. The van der Waals surface area contributed by atoms with Crippen molar-refractivity contribution in [3.8, 4) is 0 Å². The summed E-state index contributed by atoms with van der Waals surface area (Å²) in [6.07, 6.45) is 3.51. The molecule has 1 aliphatic heterocycles. The zero-order chi connectivity index (χ0) is 22.3. The van der Waals surface area contributed by atoms with Gasteiger partial charge in [-0.3, -0.25) is 5.43 Å². The third-order valence-corrected chi connectivity index (χ3v) is 5.72. The minimum atomic E-state index is -1.06. The molecular weight excluding hydrogens is 422 g/mol. The van der Waals surface area contributed by atoms with Crippen molar-refractivity contribution in [1.29, 1.82) is 0 Å². The summed E-state index contributed by atoms with van der Waals surface area (Å²) < 4.78 is 12.5. The van der Waals surface area contributed by atoms with Crippen LogP contribution >= 0.6 is 0 Å². The lowest BCUT2D eigenvalue weighted by Gasteiger charge is -2.40. The smallest absolute Gasteiger partial charge is 0.234 e. The molecule has 1 aliphatic rings. The summed E-state index contributed by atoms with van der Waals surface area (Å²) in [5.74, 6) is 1.15. The Balaban J connectivity index is 1.54. The Hall–Kier alpha value is -4.22. The maximum atomic E-state index is 6.36. The maximum Gasteiger partial charge on any atom is 0.234 e. The molecule has 0 aliphatic carbocycles. The van der Waals surface area contributed by atoms with Gasteiger partial charge < -0.3 is 14.2 Å². The SMILES string of the molecule is CNCCC(c1cc2ccccc2o1)(N1NC=NN1c1cc2ccccc2o1)n1ncnn1. The number of anilines is 1. The summed E-state index contributed by atoms with van der Waals surface area (Å²) in [4.78, 5) is 1.53. The number of fused-ring (bicyclic) bond motifs is 2. The molecule has 11 heteroatoms. The minimum absolute atomic E-state index is 0.521. The van der Waals surface area contributed by atoms with Crippen molar-refractivity contribution in [3.63, 3.8) is 0 Å². The molecule has 6 rings (SSSR count). The number of nitrogens with zero attached hydrogens (tertiary/aromatic N) is 7. The van der Waals surface area contributed by atoms with Gasteiger partial charge in [-0.2, -0.15) is 0 Å². The number of hydrogen-bond acceptors (Lipinski definition) is 10. The van der Waals surface area contributed by atoms with Gasteiger partial charge in [-0.05, 0) is 37.0 Å². The van der Waals surface area contributed by atoms with Crippen LogP contribution in [-0.2, 0) is 5.66 Å². The lowest BCUT2D eigenvalue weighted by molar-refractivity contribution is -0.0211. The van der Waals surface area contributed by atoms with Crippen LogP contribution in [0.4, 0.5) is 5.88 Å². The Kier molecular flexibility index (Phi) is 4.56. The fraction of sp³-hybridized carbons (Fsp3) is 0.182. The maximum absolute atomic E-state index is 6.36. The fourth-order valence-electron chi connectivity index (χ4n) is 4.16. The van der Waals surface area contributed by atoms with Gasteiger partial charge in [-0.25, -0.2) is 0 Å². The van der Waals surface area contributed by atoms with E-state index in [9.17, 15) is 0 Å². The van der Waals surface area contributed by atoms with Crippen LogP contribution in [0.2, 0.25) is 0 Å². The van der Waals surface area contributed by atoms with E-state index in [-0.39, 0.29) is 0 Å². The molecule has 0 bridgehead atoms. The van der Waals surface area contributed by atoms with Crippen LogP contribution in [0.1, 0.15) is 12.2 Å². The van der Waals surface area contributed by atoms with E-state index in [2.05, 4.69) is 31.3 Å². The second-order valence-corrected chi connectivity index (χ2v) is 7.64. The van der Waals surface area contributed by atoms with Crippen LogP contribution in [0.15, 0.2) is 80.9 Å². The molecular formula is C22H21N9O2. The number of furan rings is 2. The van der Waals surface area contributed by atoms with E-state index >= 15 is 0 Å². The number of hydrazine groups is 2. The summed E-state index contributed by atoms with van der Waals surface area (Å²) in [5.41, 5.74) is 3.68. The molecule has 4 heterocycles. The summed E-state index contributed by atoms with van der Waals surface area (Å²) in [6.45, 7) is 0.630. The van der Waals surface area contributed by atoms with Gasteiger partial charge in [0.05, 0.1) is 0 Å². The van der Waals surface area contributed by atoms with Crippen LogP contribution < -0.4 is 15.9 Å². The molecule has 11 nitrogen and oxygen atoms in total. The molecule has 0 amide bonds. The van der Waals surface area contributed by atoms with Gasteiger partial charge in [0.1, 0.15) is 17.5 Å². The summed E-state index contributed by atoms with van der Waals surface area (Å²) in [7, 11) is 1.89. The number of benzene rings is 2. The molecule has 2 N–H and O–H groups in total. The van der Waals surface area contributed by atoms with Crippen molar-refractivity contribution in [1.82, 2.24) is 36.1 Å². The number of para-hydroxylation sites is 2. The predicted molar refractivity (Wildman–Crippen MR) is 122 cm³/mol. The van der Waals surface area contributed by atoms with Crippen LogP contribution in [0.25, 0.3) is 21.9 Å². The summed E-state index contributed by atoms with van der Waals surface area (Å²) >= 11 is 0. The van der Waals surface area contributed by atoms with Crippen molar-refractivity contribution in [2.24, 2.45) is 5.10 Å². The predicted octanol–water partition coefficient (Wildman–Crippen LogP) is 2.66. The average Bonchev–Trinajstić information content (AvgIpc) is 3.65. The molecule has 166 valence electrons. The largest absolute Gasteiger partial charge is 0.457 e. The highest BCUT2D eigenvalue weighted by atomic mass is 16.4. The second-order valence-electron chi connectivity index (χ2n) is 7.64. The van der Waals surface area contributed by atoms with Gasteiger partial charge in [-0.15, -0.1) is 25.2 Å². The molecule has 0 radical (unpaired) electrons. The quantitative estimate of drug-likeness (QED) is 0.392. The van der Waals surface area contributed by atoms with Crippen molar-refractivity contribution in [3.05, 3.63) is 72.8 Å². The second kappa shape index (κ2) is 7.73. The number of nitrogens with one attached hydrogen (secondary N) is 2. The van der Waals surface area contributed by atoms with E-state index in [4.69, 9.17) is 8.83 Å². The molecule has 0 spiro atoms. The van der Waals surface area contributed by atoms with Gasteiger partial charge >= 0.3 is 0 Å². The van der Waals surface area contributed by atoms with Crippen molar-refractivity contribution in [2.45, 2.75) is 12.1 Å². The molecule has 0 fully saturated rings. The Morgan fingerprint density at radius 2 is 1.76 bits per heavy atom. The zero-order valence-electron chi connectivity index (χ0n) is 17.8. The number of rotatable bonds is 7. The summed E-state index contributed by atoms with van der Waals surface area (Å²) in [5, 5.41) is 25.8. The first-order valence-electron chi connectivity index (χ1n) is 10.5. The average molecular weight is 443 g/mol. The molecule has 2 aromatic carbocycles. The fourth-order valence-corrected chi connectivity index (χ4v) is 4.16. The lowest BCUT2D eigenvalue weighted by Crippen LogP contribution is -2.61. The van der Waals surface area contributed by atoms with E-state index in [1.165, 1.54) is 11.1 Å². The van der Waals surface area contributed by atoms with Crippen molar-refractivity contribution >= 4 is 34.2 Å². The van der Waals surface area contributed by atoms with Gasteiger partial charge in [0, 0.05) is 23.3 Å². The Bertz CT molecular complexity index is 1360. The molecule has 0 saturated carbocycles. The lowest BCUT2D eigenvalue weighted by atomic mass is 10.0. The van der Waals surface area contributed by atoms with Gasteiger partial charge in [0.25, 0.3) is 0 Å². The van der Waals surface area contributed by atoms with E-state index < -0.39 is 5.66 Å². The molecule has 33 heavy (non-hydrogen) atoms. The normalized spacial score (nSPS) is 16.0. The van der Waals surface area contributed by atoms with Crippen molar-refractivity contribution < 1.29 is 8.83 Å². The van der Waals surface area contributed by atoms with Crippen LogP contribution in [0.3, 0.4) is 0 Å². The van der Waals surface area contributed by atoms with Crippen LogP contribution in [0.5, 0.6) is 0 Å². The van der Waals surface area contributed by atoms with E-state index in [1.54, 1.807) is 16.6 Å².